The van der Waals surface area contributed by atoms with E-state index in [0.29, 0.717) is 33.6 Å². The van der Waals surface area contributed by atoms with Crippen molar-refractivity contribution in [1.29, 1.82) is 0 Å². The van der Waals surface area contributed by atoms with E-state index in [2.05, 4.69) is 0 Å². The lowest BCUT2D eigenvalue weighted by atomic mass is 9.80. The molecule has 1 aliphatic rings. The van der Waals surface area contributed by atoms with Gasteiger partial charge in [0.05, 0.1) is 10.9 Å². The number of hydrogen-bond donors (Lipinski definition) is 0. The second-order valence-corrected chi connectivity index (χ2v) is 7.42. The number of rotatable bonds is 1. The molecule has 2 heterocycles. The number of fused-ring (bicyclic) bond motifs is 6. The summed E-state index contributed by atoms with van der Waals surface area (Å²) in [5.41, 5.74) is 1.90. The zero-order valence-electron chi connectivity index (χ0n) is 15.8. The quantitative estimate of drug-likeness (QED) is 0.304. The van der Waals surface area contributed by atoms with Crippen LogP contribution in [0.3, 0.4) is 0 Å². The van der Waals surface area contributed by atoms with Crippen molar-refractivity contribution in [2.24, 2.45) is 0 Å². The van der Waals surface area contributed by atoms with Crippen molar-refractivity contribution in [3.8, 4) is 11.5 Å². The fraction of sp³-hybridized carbons (Fsp3) is 0.0385. The second kappa shape index (κ2) is 6.29. The molecule has 3 nitrogen and oxygen atoms in total. The fourth-order valence-electron chi connectivity index (χ4n) is 4.43. The first kappa shape index (κ1) is 17.0. The molecule has 4 aromatic carbocycles. The van der Waals surface area contributed by atoms with E-state index in [4.69, 9.17) is 9.15 Å². The number of ether oxygens (including phenoxy) is 1. The van der Waals surface area contributed by atoms with E-state index >= 15 is 0 Å². The normalized spacial score (nSPS) is 14.9. The zero-order chi connectivity index (χ0) is 20.2. The van der Waals surface area contributed by atoms with Crippen molar-refractivity contribution in [1.82, 2.24) is 0 Å². The van der Waals surface area contributed by atoms with Crippen LogP contribution < -0.4 is 10.4 Å². The van der Waals surface area contributed by atoms with Crippen LogP contribution in [0, 0.1) is 5.82 Å². The van der Waals surface area contributed by atoms with E-state index in [9.17, 15) is 9.18 Å². The van der Waals surface area contributed by atoms with Gasteiger partial charge < -0.3 is 9.15 Å². The third-order valence-electron chi connectivity index (χ3n) is 5.70. The van der Waals surface area contributed by atoms with Gasteiger partial charge in [-0.25, -0.2) is 9.18 Å². The molecule has 30 heavy (non-hydrogen) atoms. The number of para-hydroxylation sites is 1. The summed E-state index contributed by atoms with van der Waals surface area (Å²) in [4.78, 5) is 13.2. The molecule has 4 heteroatoms. The maximum Gasteiger partial charge on any atom is 0.344 e. The molecule has 0 radical (unpaired) electrons. The molecule has 0 saturated heterocycles. The van der Waals surface area contributed by atoms with Crippen LogP contribution in [0.4, 0.5) is 4.39 Å². The highest BCUT2D eigenvalue weighted by Crippen LogP contribution is 2.50. The summed E-state index contributed by atoms with van der Waals surface area (Å²) in [6, 6.07) is 25.5. The lowest BCUT2D eigenvalue weighted by Gasteiger charge is -2.29. The van der Waals surface area contributed by atoms with Crippen LogP contribution in [0.15, 0.2) is 94.1 Å². The van der Waals surface area contributed by atoms with Crippen molar-refractivity contribution < 1.29 is 13.5 Å². The summed E-state index contributed by atoms with van der Waals surface area (Å²) in [5.74, 6) is 0.268. The van der Waals surface area contributed by atoms with Crippen LogP contribution in [0.1, 0.15) is 22.6 Å². The van der Waals surface area contributed by atoms with Crippen molar-refractivity contribution in [2.75, 3.05) is 0 Å². The van der Waals surface area contributed by atoms with Crippen molar-refractivity contribution >= 4 is 21.7 Å². The molecule has 1 aliphatic heterocycles. The number of benzene rings is 4. The van der Waals surface area contributed by atoms with Gasteiger partial charge in [0.2, 0.25) is 0 Å². The predicted octanol–water partition coefficient (Wildman–Crippen LogP) is 6.37. The molecule has 1 unspecified atom stereocenters. The second-order valence-electron chi connectivity index (χ2n) is 7.42. The number of hydrogen-bond acceptors (Lipinski definition) is 3. The molecule has 144 valence electrons. The Morgan fingerprint density at radius 3 is 2.43 bits per heavy atom. The molecule has 0 saturated carbocycles. The van der Waals surface area contributed by atoms with Gasteiger partial charge in [-0.1, -0.05) is 54.6 Å². The molecule has 1 atom stereocenters. The average Bonchev–Trinajstić information content (AvgIpc) is 2.77. The zero-order valence-corrected chi connectivity index (χ0v) is 15.8. The van der Waals surface area contributed by atoms with Crippen molar-refractivity contribution in [3.63, 3.8) is 0 Å². The average molecular weight is 394 g/mol. The highest BCUT2D eigenvalue weighted by Gasteiger charge is 2.35. The summed E-state index contributed by atoms with van der Waals surface area (Å²) in [7, 11) is 0. The largest absolute Gasteiger partial charge is 0.456 e. The van der Waals surface area contributed by atoms with E-state index in [1.807, 2.05) is 60.7 Å². The van der Waals surface area contributed by atoms with Gasteiger partial charge in [-0.2, -0.15) is 0 Å². The Kier molecular flexibility index (Phi) is 3.56. The van der Waals surface area contributed by atoms with E-state index in [1.54, 1.807) is 12.1 Å². The van der Waals surface area contributed by atoms with Crippen LogP contribution >= 0.6 is 0 Å². The molecule has 1 aromatic heterocycles. The van der Waals surface area contributed by atoms with Crippen LogP contribution in [0.5, 0.6) is 11.5 Å². The first-order valence-corrected chi connectivity index (χ1v) is 9.71. The Labute approximate surface area is 171 Å². The third-order valence-corrected chi connectivity index (χ3v) is 5.70. The summed E-state index contributed by atoms with van der Waals surface area (Å²) in [6.07, 6.45) is 0. The van der Waals surface area contributed by atoms with Crippen LogP contribution in [0.2, 0.25) is 0 Å². The third kappa shape index (κ3) is 2.40. The molecule has 0 spiro atoms. The molecule has 0 amide bonds. The summed E-state index contributed by atoms with van der Waals surface area (Å²) in [6.45, 7) is 0. The lowest BCUT2D eigenvalue weighted by molar-refractivity contribution is 0.441. The van der Waals surface area contributed by atoms with Crippen molar-refractivity contribution in [2.45, 2.75) is 5.92 Å². The molecule has 0 aliphatic carbocycles. The van der Waals surface area contributed by atoms with Gasteiger partial charge in [-0.15, -0.1) is 0 Å². The minimum atomic E-state index is -0.508. The molecule has 0 fully saturated rings. The van der Waals surface area contributed by atoms with E-state index in [-0.39, 0.29) is 5.82 Å². The van der Waals surface area contributed by atoms with Crippen LogP contribution in [0.25, 0.3) is 21.7 Å². The van der Waals surface area contributed by atoms with E-state index < -0.39 is 11.5 Å². The molecule has 6 rings (SSSR count). The fourth-order valence-corrected chi connectivity index (χ4v) is 4.43. The first-order valence-electron chi connectivity index (χ1n) is 9.71. The van der Waals surface area contributed by atoms with Gasteiger partial charge in [0.15, 0.2) is 0 Å². The molecule has 0 bridgehead atoms. The molecular formula is C26H15FO3. The molecule has 5 aromatic rings. The smallest absolute Gasteiger partial charge is 0.344 e. The Bertz CT molecular complexity index is 1520. The predicted molar refractivity (Wildman–Crippen MR) is 114 cm³/mol. The highest BCUT2D eigenvalue weighted by atomic mass is 19.1. The topological polar surface area (TPSA) is 39.4 Å². The number of halogens is 1. The minimum Gasteiger partial charge on any atom is -0.456 e. The molecular weight excluding hydrogens is 379 g/mol. The van der Waals surface area contributed by atoms with Crippen LogP contribution in [-0.2, 0) is 0 Å². The maximum atomic E-state index is 14.2. The Balaban J connectivity index is 1.77. The molecule has 0 N–H and O–H groups in total. The van der Waals surface area contributed by atoms with E-state index in [1.165, 1.54) is 12.1 Å². The van der Waals surface area contributed by atoms with Gasteiger partial charge in [-0.05, 0) is 46.7 Å². The summed E-state index contributed by atoms with van der Waals surface area (Å²) >= 11 is 0. The maximum absolute atomic E-state index is 14.2. The lowest BCUT2D eigenvalue weighted by Crippen LogP contribution is -2.21. The first-order chi connectivity index (χ1) is 14.7. The van der Waals surface area contributed by atoms with Gasteiger partial charge >= 0.3 is 5.63 Å². The summed E-state index contributed by atoms with van der Waals surface area (Å²) in [5, 5.41) is 2.70. The Morgan fingerprint density at radius 1 is 0.767 bits per heavy atom. The minimum absolute atomic E-state index is 0.354. The van der Waals surface area contributed by atoms with Gasteiger partial charge in [0.1, 0.15) is 22.9 Å². The SMILES string of the molecule is O=c1oc2ccccc2c2c1C(c1cccc(F)c1)c1c(ccc3ccccc13)O2. The highest BCUT2D eigenvalue weighted by molar-refractivity contribution is 5.92. The summed E-state index contributed by atoms with van der Waals surface area (Å²) < 4.78 is 26.2. The van der Waals surface area contributed by atoms with Gasteiger partial charge in [-0.3, -0.25) is 0 Å². The van der Waals surface area contributed by atoms with Crippen molar-refractivity contribution in [3.05, 3.63) is 118 Å². The van der Waals surface area contributed by atoms with Gasteiger partial charge in [0.25, 0.3) is 0 Å². The van der Waals surface area contributed by atoms with E-state index in [0.717, 1.165) is 16.3 Å². The Morgan fingerprint density at radius 2 is 1.57 bits per heavy atom. The Hall–Kier alpha value is -3.92. The van der Waals surface area contributed by atoms with Crippen LogP contribution in [-0.4, -0.2) is 0 Å². The monoisotopic (exact) mass is 394 g/mol. The standard InChI is InChI=1S/C26H15FO3/c27-17-8-5-7-16(14-17)22-23-18-9-2-1-6-15(18)12-13-21(23)29-25-19-10-3-4-11-20(19)30-26(28)24(22)25/h1-14,22H. The van der Waals surface area contributed by atoms with Gasteiger partial charge in [0, 0.05) is 11.5 Å².